The van der Waals surface area contributed by atoms with E-state index in [9.17, 15) is 4.79 Å². The van der Waals surface area contributed by atoms with Crippen molar-refractivity contribution in [3.63, 3.8) is 0 Å². The quantitative estimate of drug-likeness (QED) is 0.594. The van der Waals surface area contributed by atoms with E-state index in [-0.39, 0.29) is 5.91 Å². The Morgan fingerprint density at radius 2 is 1.39 bits per heavy atom. The first-order chi connectivity index (χ1) is 8.74. The fraction of sp³-hybridized carbons (Fsp3) is 0.917. The molecule has 2 heterocycles. The Morgan fingerprint density at radius 1 is 0.889 bits per heavy atom. The van der Waals surface area contributed by atoms with Gasteiger partial charge < -0.3 is 11.1 Å². The third kappa shape index (κ3) is 4.53. The van der Waals surface area contributed by atoms with E-state index in [1.165, 1.54) is 13.1 Å². The maximum absolute atomic E-state index is 10.8. The minimum absolute atomic E-state index is 0.218. The predicted octanol–water partition coefficient (Wildman–Crippen LogP) is -2.01. The van der Waals surface area contributed by atoms with E-state index in [1.807, 2.05) is 0 Å². The van der Waals surface area contributed by atoms with Crippen molar-refractivity contribution in [1.82, 2.24) is 20.0 Å². The van der Waals surface area contributed by atoms with Crippen LogP contribution in [0.1, 0.15) is 0 Å². The molecule has 6 heteroatoms. The maximum Gasteiger partial charge on any atom is 0.231 e. The number of primary amides is 1. The minimum Gasteiger partial charge on any atom is -0.369 e. The molecule has 104 valence electrons. The van der Waals surface area contributed by atoms with Gasteiger partial charge in [0.2, 0.25) is 5.91 Å². The number of piperazine rings is 2. The normalized spacial score (nSPS) is 24.2. The van der Waals surface area contributed by atoms with E-state index in [0.717, 1.165) is 52.4 Å². The molecule has 2 aliphatic heterocycles. The Bertz CT molecular complexity index is 259. The lowest BCUT2D eigenvalue weighted by Crippen LogP contribution is -2.51. The predicted molar refractivity (Wildman–Crippen MR) is 71.4 cm³/mol. The van der Waals surface area contributed by atoms with E-state index >= 15 is 0 Å². The molecule has 2 aliphatic rings. The van der Waals surface area contributed by atoms with Gasteiger partial charge in [0.25, 0.3) is 0 Å². The Morgan fingerprint density at radius 3 is 1.94 bits per heavy atom. The van der Waals surface area contributed by atoms with Gasteiger partial charge in [-0.15, -0.1) is 0 Å². The molecule has 6 nitrogen and oxygen atoms in total. The van der Waals surface area contributed by atoms with Gasteiger partial charge in [-0.1, -0.05) is 0 Å². The molecule has 0 bridgehead atoms. The average molecular weight is 255 g/mol. The third-order valence-electron chi connectivity index (χ3n) is 3.79. The molecule has 2 saturated heterocycles. The van der Waals surface area contributed by atoms with Gasteiger partial charge in [-0.05, 0) is 0 Å². The zero-order chi connectivity index (χ0) is 12.8. The first kappa shape index (κ1) is 13.7. The summed E-state index contributed by atoms with van der Waals surface area (Å²) in [6.45, 7) is 11.3. The van der Waals surface area contributed by atoms with Crippen LogP contribution in [0.15, 0.2) is 0 Å². The topological polar surface area (TPSA) is 64.8 Å². The molecule has 2 rings (SSSR count). The summed E-state index contributed by atoms with van der Waals surface area (Å²) in [5, 5.41) is 3.37. The first-order valence-corrected chi connectivity index (χ1v) is 6.90. The van der Waals surface area contributed by atoms with Crippen LogP contribution in [0.5, 0.6) is 0 Å². The molecule has 0 aromatic heterocycles. The zero-order valence-electron chi connectivity index (χ0n) is 11.1. The van der Waals surface area contributed by atoms with Crippen molar-refractivity contribution in [2.45, 2.75) is 0 Å². The van der Waals surface area contributed by atoms with E-state index in [1.54, 1.807) is 0 Å². The highest BCUT2D eigenvalue weighted by atomic mass is 16.1. The monoisotopic (exact) mass is 255 g/mol. The summed E-state index contributed by atoms with van der Waals surface area (Å²) in [5.41, 5.74) is 5.21. The van der Waals surface area contributed by atoms with Gasteiger partial charge in [0.05, 0.1) is 6.54 Å². The number of hydrogen-bond acceptors (Lipinski definition) is 5. The molecular weight excluding hydrogens is 230 g/mol. The number of amides is 1. The number of hydrogen-bond donors (Lipinski definition) is 2. The molecule has 0 spiro atoms. The maximum atomic E-state index is 10.8. The smallest absolute Gasteiger partial charge is 0.231 e. The van der Waals surface area contributed by atoms with Gasteiger partial charge in [0.1, 0.15) is 0 Å². The third-order valence-corrected chi connectivity index (χ3v) is 3.79. The molecular formula is C12H25N5O. The second kappa shape index (κ2) is 7.04. The van der Waals surface area contributed by atoms with Crippen molar-refractivity contribution in [2.24, 2.45) is 5.73 Å². The van der Waals surface area contributed by atoms with Crippen LogP contribution in [0.3, 0.4) is 0 Å². The van der Waals surface area contributed by atoms with Crippen molar-refractivity contribution in [3.05, 3.63) is 0 Å². The van der Waals surface area contributed by atoms with Crippen LogP contribution in [0.25, 0.3) is 0 Å². The number of carbonyl (C=O) groups is 1. The van der Waals surface area contributed by atoms with Crippen molar-refractivity contribution >= 4 is 5.91 Å². The van der Waals surface area contributed by atoms with Crippen LogP contribution in [0.4, 0.5) is 0 Å². The second-order valence-corrected chi connectivity index (χ2v) is 5.18. The molecule has 0 atom stereocenters. The molecule has 0 unspecified atom stereocenters. The Hall–Kier alpha value is -0.690. The number of rotatable bonds is 5. The number of nitrogens with one attached hydrogen (secondary N) is 1. The van der Waals surface area contributed by atoms with Crippen molar-refractivity contribution in [3.8, 4) is 0 Å². The number of nitrogens with two attached hydrogens (primary N) is 1. The fourth-order valence-corrected chi connectivity index (χ4v) is 2.61. The Kier molecular flexibility index (Phi) is 5.37. The van der Waals surface area contributed by atoms with Crippen molar-refractivity contribution in [1.29, 1.82) is 0 Å². The van der Waals surface area contributed by atoms with E-state index < -0.39 is 0 Å². The van der Waals surface area contributed by atoms with Gasteiger partial charge in [0.15, 0.2) is 0 Å². The molecule has 0 aliphatic carbocycles. The average Bonchev–Trinajstić information content (AvgIpc) is 2.38. The molecule has 0 saturated carbocycles. The van der Waals surface area contributed by atoms with Gasteiger partial charge in [0, 0.05) is 65.4 Å². The summed E-state index contributed by atoms with van der Waals surface area (Å²) in [4.78, 5) is 18.0. The highest BCUT2D eigenvalue weighted by molar-refractivity contribution is 5.75. The molecule has 2 fully saturated rings. The zero-order valence-corrected chi connectivity index (χ0v) is 11.1. The van der Waals surface area contributed by atoms with E-state index in [2.05, 4.69) is 20.0 Å². The molecule has 3 N–H and O–H groups in total. The highest BCUT2D eigenvalue weighted by Crippen LogP contribution is 2.02. The lowest BCUT2D eigenvalue weighted by molar-refractivity contribution is -0.119. The van der Waals surface area contributed by atoms with Gasteiger partial charge in [-0.25, -0.2) is 0 Å². The molecule has 0 aromatic carbocycles. The van der Waals surface area contributed by atoms with Crippen LogP contribution in [-0.4, -0.2) is 92.6 Å². The lowest BCUT2D eigenvalue weighted by Gasteiger charge is -2.36. The van der Waals surface area contributed by atoms with Gasteiger partial charge in [-0.2, -0.15) is 0 Å². The fourth-order valence-electron chi connectivity index (χ4n) is 2.61. The Labute approximate surface area is 109 Å². The molecule has 1 amide bonds. The van der Waals surface area contributed by atoms with Crippen LogP contribution in [-0.2, 0) is 4.79 Å². The summed E-state index contributed by atoms with van der Waals surface area (Å²) in [7, 11) is 0. The minimum atomic E-state index is -0.218. The van der Waals surface area contributed by atoms with Crippen LogP contribution in [0.2, 0.25) is 0 Å². The van der Waals surface area contributed by atoms with Crippen LogP contribution in [0, 0.1) is 0 Å². The van der Waals surface area contributed by atoms with Crippen LogP contribution >= 0.6 is 0 Å². The lowest BCUT2D eigenvalue weighted by atomic mass is 10.3. The summed E-state index contributed by atoms with van der Waals surface area (Å²) >= 11 is 0. The Balaban J connectivity index is 1.59. The van der Waals surface area contributed by atoms with Crippen LogP contribution < -0.4 is 11.1 Å². The summed E-state index contributed by atoms with van der Waals surface area (Å²) < 4.78 is 0. The molecule has 0 radical (unpaired) electrons. The van der Waals surface area contributed by atoms with Gasteiger partial charge >= 0.3 is 0 Å². The largest absolute Gasteiger partial charge is 0.369 e. The summed E-state index contributed by atoms with van der Waals surface area (Å²) in [6, 6.07) is 0. The van der Waals surface area contributed by atoms with Gasteiger partial charge in [-0.3, -0.25) is 19.5 Å². The SMILES string of the molecule is NC(=O)CN1CCN(CCN2CCNCC2)CC1. The van der Waals surface area contributed by atoms with E-state index in [0.29, 0.717) is 6.54 Å². The number of nitrogens with zero attached hydrogens (tertiary/aromatic N) is 3. The van der Waals surface area contributed by atoms with Crippen molar-refractivity contribution < 1.29 is 4.79 Å². The van der Waals surface area contributed by atoms with E-state index in [4.69, 9.17) is 5.73 Å². The number of carbonyl (C=O) groups excluding carboxylic acids is 1. The second-order valence-electron chi connectivity index (χ2n) is 5.18. The first-order valence-electron chi connectivity index (χ1n) is 6.90. The molecule has 18 heavy (non-hydrogen) atoms. The standard InChI is InChI=1S/C12H25N5O/c13-12(18)11-17-9-7-16(8-10-17)6-5-15-3-1-14-2-4-15/h14H,1-11H2,(H2,13,18). The van der Waals surface area contributed by atoms with Crippen molar-refractivity contribution in [2.75, 3.05) is 72.0 Å². The molecule has 0 aromatic rings. The summed E-state index contributed by atoms with van der Waals surface area (Å²) in [6.07, 6.45) is 0. The summed E-state index contributed by atoms with van der Waals surface area (Å²) in [5.74, 6) is -0.218. The highest BCUT2D eigenvalue weighted by Gasteiger charge is 2.18.